The Balaban J connectivity index is 1.95. The van der Waals surface area contributed by atoms with Gasteiger partial charge >= 0.3 is 0 Å². The highest BCUT2D eigenvalue weighted by Crippen LogP contribution is 2.37. The van der Waals surface area contributed by atoms with Crippen molar-refractivity contribution in [1.29, 1.82) is 0 Å². The first-order valence-corrected chi connectivity index (χ1v) is 6.68. The minimum atomic E-state index is 0.263. The SMILES string of the molecule is OCCCCc1occ2c1-c1ccccc1CC2. The number of rotatable bonds is 4. The van der Waals surface area contributed by atoms with Gasteiger partial charge in [-0.25, -0.2) is 0 Å². The Kier molecular flexibility index (Phi) is 3.20. The van der Waals surface area contributed by atoms with Gasteiger partial charge in [0.25, 0.3) is 0 Å². The highest BCUT2D eigenvalue weighted by Gasteiger charge is 2.21. The van der Waals surface area contributed by atoms with E-state index in [4.69, 9.17) is 9.52 Å². The lowest BCUT2D eigenvalue weighted by Crippen LogP contribution is -2.03. The Morgan fingerprint density at radius 1 is 1.06 bits per heavy atom. The topological polar surface area (TPSA) is 33.4 Å². The fourth-order valence-electron chi connectivity index (χ4n) is 2.78. The number of furan rings is 1. The van der Waals surface area contributed by atoms with Crippen molar-refractivity contribution >= 4 is 0 Å². The van der Waals surface area contributed by atoms with Crippen LogP contribution in [0.5, 0.6) is 0 Å². The summed E-state index contributed by atoms with van der Waals surface area (Å²) in [6.45, 7) is 0.263. The fraction of sp³-hybridized carbons (Fsp3) is 0.375. The zero-order valence-electron chi connectivity index (χ0n) is 10.5. The van der Waals surface area contributed by atoms with E-state index < -0.39 is 0 Å². The predicted octanol–water partition coefficient (Wildman–Crippen LogP) is 3.36. The van der Waals surface area contributed by atoms with Crippen LogP contribution in [-0.2, 0) is 19.3 Å². The third-order valence-electron chi connectivity index (χ3n) is 3.71. The molecule has 0 spiro atoms. The smallest absolute Gasteiger partial charge is 0.111 e. The average molecular weight is 242 g/mol. The molecule has 1 N–H and O–H groups in total. The number of hydrogen-bond donors (Lipinski definition) is 1. The Hall–Kier alpha value is -1.54. The molecule has 0 saturated heterocycles. The normalized spacial score (nSPS) is 13.2. The van der Waals surface area contributed by atoms with Gasteiger partial charge in [-0.05, 0) is 42.4 Å². The van der Waals surface area contributed by atoms with Crippen molar-refractivity contribution in [2.24, 2.45) is 0 Å². The van der Waals surface area contributed by atoms with E-state index in [0.29, 0.717) is 0 Å². The van der Waals surface area contributed by atoms with Gasteiger partial charge in [0.1, 0.15) is 5.76 Å². The lowest BCUT2D eigenvalue weighted by molar-refractivity contribution is 0.283. The van der Waals surface area contributed by atoms with Crippen molar-refractivity contribution in [3.63, 3.8) is 0 Å². The van der Waals surface area contributed by atoms with Crippen molar-refractivity contribution in [2.45, 2.75) is 32.1 Å². The molecule has 2 nitrogen and oxygen atoms in total. The highest BCUT2D eigenvalue weighted by atomic mass is 16.3. The molecule has 0 fully saturated rings. The van der Waals surface area contributed by atoms with Gasteiger partial charge in [0.15, 0.2) is 0 Å². The van der Waals surface area contributed by atoms with Gasteiger partial charge in [-0.3, -0.25) is 0 Å². The number of unbranched alkanes of at least 4 members (excludes halogenated alkanes) is 1. The molecule has 3 rings (SSSR count). The molecule has 0 bridgehead atoms. The molecule has 0 radical (unpaired) electrons. The van der Waals surface area contributed by atoms with Crippen LogP contribution in [0.1, 0.15) is 29.7 Å². The second-order valence-corrected chi connectivity index (χ2v) is 4.90. The van der Waals surface area contributed by atoms with Crippen LogP contribution in [0, 0.1) is 0 Å². The van der Waals surface area contributed by atoms with Crippen molar-refractivity contribution in [3.8, 4) is 11.1 Å². The fourth-order valence-corrected chi connectivity index (χ4v) is 2.78. The maximum Gasteiger partial charge on any atom is 0.111 e. The first kappa shape index (κ1) is 11.5. The summed E-state index contributed by atoms with van der Waals surface area (Å²) >= 11 is 0. The lowest BCUT2D eigenvalue weighted by atomic mass is 9.86. The standard InChI is InChI=1S/C16H18O2/c17-10-4-3-7-15-16-13(11-18-15)9-8-12-5-1-2-6-14(12)16/h1-2,5-6,11,17H,3-4,7-10H2. The van der Waals surface area contributed by atoms with Crippen LogP contribution in [-0.4, -0.2) is 11.7 Å². The van der Waals surface area contributed by atoms with Crippen molar-refractivity contribution in [1.82, 2.24) is 0 Å². The predicted molar refractivity (Wildman–Crippen MR) is 71.6 cm³/mol. The molecule has 1 aromatic heterocycles. The first-order chi connectivity index (χ1) is 8.90. The first-order valence-electron chi connectivity index (χ1n) is 6.68. The summed E-state index contributed by atoms with van der Waals surface area (Å²) in [5, 5.41) is 8.86. The summed E-state index contributed by atoms with van der Waals surface area (Å²) in [6.07, 6.45) is 6.86. The summed E-state index contributed by atoms with van der Waals surface area (Å²) in [5.74, 6) is 1.09. The quantitative estimate of drug-likeness (QED) is 0.834. The van der Waals surface area contributed by atoms with Crippen LogP contribution < -0.4 is 0 Å². The molecule has 1 aliphatic carbocycles. The van der Waals surface area contributed by atoms with E-state index in [1.807, 2.05) is 6.26 Å². The van der Waals surface area contributed by atoms with Crippen molar-refractivity contribution in [3.05, 3.63) is 47.4 Å². The zero-order chi connectivity index (χ0) is 12.4. The second kappa shape index (κ2) is 4.99. The van der Waals surface area contributed by atoms with Crippen LogP contribution in [0.4, 0.5) is 0 Å². The van der Waals surface area contributed by atoms with Gasteiger partial charge in [0.05, 0.1) is 6.26 Å². The third kappa shape index (κ3) is 1.97. The van der Waals surface area contributed by atoms with Gasteiger partial charge in [0.2, 0.25) is 0 Å². The molecule has 1 aromatic carbocycles. The summed E-state index contributed by atoms with van der Waals surface area (Å²) in [4.78, 5) is 0. The van der Waals surface area contributed by atoms with E-state index in [9.17, 15) is 0 Å². The van der Waals surface area contributed by atoms with Crippen molar-refractivity contribution < 1.29 is 9.52 Å². The molecule has 0 unspecified atom stereocenters. The Morgan fingerprint density at radius 2 is 1.89 bits per heavy atom. The minimum Gasteiger partial charge on any atom is -0.468 e. The average Bonchev–Trinajstić information content (AvgIpc) is 2.83. The number of fused-ring (bicyclic) bond motifs is 3. The number of aliphatic hydroxyl groups excluding tert-OH is 1. The van der Waals surface area contributed by atoms with Gasteiger partial charge in [0, 0.05) is 18.6 Å². The van der Waals surface area contributed by atoms with Gasteiger partial charge in [-0.15, -0.1) is 0 Å². The van der Waals surface area contributed by atoms with E-state index in [-0.39, 0.29) is 6.61 Å². The number of aryl methyl sites for hydroxylation is 3. The van der Waals surface area contributed by atoms with Crippen LogP contribution in [0.25, 0.3) is 11.1 Å². The highest BCUT2D eigenvalue weighted by molar-refractivity contribution is 5.74. The molecule has 2 aromatic rings. The molecule has 18 heavy (non-hydrogen) atoms. The number of benzene rings is 1. The summed E-state index contributed by atoms with van der Waals surface area (Å²) < 4.78 is 5.74. The molecule has 2 heteroatoms. The van der Waals surface area contributed by atoms with Crippen molar-refractivity contribution in [2.75, 3.05) is 6.61 Å². The molecule has 0 amide bonds. The van der Waals surface area contributed by atoms with E-state index in [1.54, 1.807) is 0 Å². The number of hydrogen-bond acceptors (Lipinski definition) is 2. The van der Waals surface area contributed by atoms with Crippen LogP contribution >= 0.6 is 0 Å². The Labute approximate surface area is 107 Å². The van der Waals surface area contributed by atoms with Gasteiger partial charge < -0.3 is 9.52 Å². The molecular weight excluding hydrogens is 224 g/mol. The largest absolute Gasteiger partial charge is 0.468 e. The Morgan fingerprint density at radius 3 is 2.78 bits per heavy atom. The monoisotopic (exact) mass is 242 g/mol. The van der Waals surface area contributed by atoms with E-state index in [1.165, 1.54) is 22.3 Å². The third-order valence-corrected chi connectivity index (χ3v) is 3.71. The van der Waals surface area contributed by atoms with Crippen LogP contribution in [0.3, 0.4) is 0 Å². The maximum atomic E-state index is 8.86. The molecule has 0 aliphatic heterocycles. The van der Waals surface area contributed by atoms with Gasteiger partial charge in [-0.1, -0.05) is 24.3 Å². The summed E-state index contributed by atoms with van der Waals surface area (Å²) in [7, 11) is 0. The minimum absolute atomic E-state index is 0.263. The maximum absolute atomic E-state index is 8.86. The molecule has 94 valence electrons. The zero-order valence-corrected chi connectivity index (χ0v) is 10.5. The summed E-state index contributed by atoms with van der Waals surface area (Å²) in [5.41, 5.74) is 5.42. The second-order valence-electron chi connectivity index (χ2n) is 4.90. The van der Waals surface area contributed by atoms with Gasteiger partial charge in [-0.2, -0.15) is 0 Å². The number of aliphatic hydroxyl groups is 1. The summed E-state index contributed by atoms with van der Waals surface area (Å²) in [6, 6.07) is 8.61. The van der Waals surface area contributed by atoms with E-state index in [2.05, 4.69) is 24.3 Å². The van der Waals surface area contributed by atoms with E-state index >= 15 is 0 Å². The molecule has 1 heterocycles. The molecule has 0 atom stereocenters. The Bertz CT molecular complexity index is 540. The molecular formula is C16H18O2. The molecule has 0 saturated carbocycles. The molecule has 1 aliphatic rings. The van der Waals surface area contributed by atoms with E-state index in [0.717, 1.165) is 37.9 Å². The van der Waals surface area contributed by atoms with Crippen LogP contribution in [0.15, 0.2) is 34.9 Å². The van der Waals surface area contributed by atoms with Crippen LogP contribution in [0.2, 0.25) is 0 Å². The lowest BCUT2D eigenvalue weighted by Gasteiger charge is -2.16.